The molecule has 0 spiro atoms. The molecule has 2 aromatic carbocycles. The van der Waals surface area contributed by atoms with Crippen LogP contribution in [0.2, 0.25) is 0 Å². The van der Waals surface area contributed by atoms with Gasteiger partial charge in [0.2, 0.25) is 10.0 Å². The second kappa shape index (κ2) is 7.03. The predicted octanol–water partition coefficient (Wildman–Crippen LogP) is 4.24. The van der Waals surface area contributed by atoms with Crippen molar-refractivity contribution in [3.8, 4) is 11.3 Å². The Hall–Kier alpha value is -1.58. The molecule has 5 rings (SSSR count). The summed E-state index contributed by atoms with van der Waals surface area (Å²) in [5.74, 6) is 0. The summed E-state index contributed by atoms with van der Waals surface area (Å²) in [6.45, 7) is 3.23. The standard InChI is InChI=1S/C21H22IN3O2S/c22-16-8-11-24(14-16)21-7-6-17(28(26,27)25-9-3-10-25)13-18(21)20-12-15-4-1-2-5-19(15)23-20/h1-2,4-7,12-13,16,23H,3,8-11,14H2/t16-/m1/s1. The molecule has 0 radical (unpaired) electrons. The lowest BCUT2D eigenvalue weighted by atomic mass is 10.1. The summed E-state index contributed by atoms with van der Waals surface area (Å²) in [6.07, 6.45) is 2.09. The number of H-pyrrole nitrogens is 1. The Labute approximate surface area is 178 Å². The first-order valence-electron chi connectivity index (χ1n) is 9.64. The summed E-state index contributed by atoms with van der Waals surface area (Å²) in [7, 11) is -3.41. The van der Waals surface area contributed by atoms with E-state index in [4.69, 9.17) is 0 Å². The number of halogens is 1. The fourth-order valence-corrected chi connectivity index (χ4v) is 6.30. The lowest BCUT2D eigenvalue weighted by molar-refractivity contribution is 0.309. The van der Waals surface area contributed by atoms with E-state index >= 15 is 0 Å². The molecule has 0 bridgehead atoms. The highest BCUT2D eigenvalue weighted by Crippen LogP contribution is 2.37. The fraction of sp³-hybridized carbons (Fsp3) is 0.333. The van der Waals surface area contributed by atoms with Crippen LogP contribution in [0.15, 0.2) is 53.4 Å². The van der Waals surface area contributed by atoms with Crippen LogP contribution in [-0.2, 0) is 10.0 Å². The highest BCUT2D eigenvalue weighted by atomic mass is 127. The minimum atomic E-state index is -3.41. The van der Waals surface area contributed by atoms with Gasteiger partial charge in [0.1, 0.15) is 0 Å². The van der Waals surface area contributed by atoms with E-state index < -0.39 is 10.0 Å². The lowest BCUT2D eigenvalue weighted by Crippen LogP contribution is -2.41. The van der Waals surface area contributed by atoms with Crippen molar-refractivity contribution in [1.82, 2.24) is 9.29 Å². The number of para-hydroxylation sites is 1. The molecule has 2 fully saturated rings. The van der Waals surface area contributed by atoms with Crippen molar-refractivity contribution in [2.75, 3.05) is 31.1 Å². The SMILES string of the molecule is O=S(=O)(c1ccc(N2CC[C@@H](I)C2)c(-c2cc3ccccc3[nH]2)c1)N1CCC1. The molecule has 28 heavy (non-hydrogen) atoms. The van der Waals surface area contributed by atoms with Gasteiger partial charge in [0.05, 0.1) is 4.90 Å². The first kappa shape index (κ1) is 18.4. The molecule has 0 unspecified atom stereocenters. The van der Waals surface area contributed by atoms with Crippen molar-refractivity contribution < 1.29 is 8.42 Å². The predicted molar refractivity (Wildman–Crippen MR) is 122 cm³/mol. The quantitative estimate of drug-likeness (QED) is 0.425. The maximum atomic E-state index is 13.0. The van der Waals surface area contributed by atoms with E-state index in [0.29, 0.717) is 21.9 Å². The molecule has 146 valence electrons. The summed E-state index contributed by atoms with van der Waals surface area (Å²) in [5, 5.41) is 1.13. The van der Waals surface area contributed by atoms with Gasteiger partial charge in [0, 0.05) is 58.0 Å². The average molecular weight is 507 g/mol. The first-order valence-corrected chi connectivity index (χ1v) is 12.3. The van der Waals surface area contributed by atoms with E-state index in [-0.39, 0.29) is 0 Å². The molecule has 1 atom stereocenters. The van der Waals surface area contributed by atoms with Gasteiger partial charge in [0.25, 0.3) is 0 Å². The van der Waals surface area contributed by atoms with E-state index in [2.05, 4.69) is 50.7 Å². The summed E-state index contributed by atoms with van der Waals surface area (Å²) in [6, 6.07) is 15.9. The molecular formula is C21H22IN3O2S. The molecule has 0 amide bonds. The monoisotopic (exact) mass is 507 g/mol. The Morgan fingerprint density at radius 2 is 1.86 bits per heavy atom. The molecule has 2 saturated heterocycles. The summed E-state index contributed by atoms with van der Waals surface area (Å²) >= 11 is 2.50. The van der Waals surface area contributed by atoms with Gasteiger partial charge < -0.3 is 9.88 Å². The van der Waals surface area contributed by atoms with Crippen molar-refractivity contribution in [2.45, 2.75) is 21.7 Å². The Morgan fingerprint density at radius 3 is 2.54 bits per heavy atom. The summed E-state index contributed by atoms with van der Waals surface area (Å²) in [4.78, 5) is 6.24. The third kappa shape index (κ3) is 3.13. The van der Waals surface area contributed by atoms with Gasteiger partial charge >= 0.3 is 0 Å². The first-order chi connectivity index (χ1) is 13.5. The molecule has 0 saturated carbocycles. The second-order valence-electron chi connectivity index (χ2n) is 7.54. The number of fused-ring (bicyclic) bond motifs is 1. The lowest BCUT2D eigenvalue weighted by Gasteiger charge is -2.30. The number of hydrogen-bond acceptors (Lipinski definition) is 3. The van der Waals surface area contributed by atoms with E-state index in [9.17, 15) is 8.42 Å². The second-order valence-corrected chi connectivity index (χ2v) is 11.2. The maximum Gasteiger partial charge on any atom is 0.243 e. The number of nitrogens with one attached hydrogen (secondary N) is 1. The number of benzene rings is 2. The molecule has 1 aromatic heterocycles. The van der Waals surface area contributed by atoms with Gasteiger partial charge in [0.15, 0.2) is 0 Å². The highest BCUT2D eigenvalue weighted by molar-refractivity contribution is 14.1. The highest BCUT2D eigenvalue weighted by Gasteiger charge is 2.31. The van der Waals surface area contributed by atoms with Crippen molar-refractivity contribution in [2.24, 2.45) is 0 Å². The van der Waals surface area contributed by atoms with Crippen LogP contribution in [0, 0.1) is 0 Å². The third-order valence-electron chi connectivity index (χ3n) is 5.71. The van der Waals surface area contributed by atoms with Gasteiger partial charge in [-0.05, 0) is 43.2 Å². The maximum absolute atomic E-state index is 13.0. The van der Waals surface area contributed by atoms with Crippen molar-refractivity contribution in [3.63, 3.8) is 0 Å². The van der Waals surface area contributed by atoms with Crippen LogP contribution in [-0.4, -0.2) is 47.8 Å². The van der Waals surface area contributed by atoms with Crippen LogP contribution in [0.1, 0.15) is 12.8 Å². The number of hydrogen-bond donors (Lipinski definition) is 1. The van der Waals surface area contributed by atoms with Gasteiger partial charge in [-0.15, -0.1) is 0 Å². The van der Waals surface area contributed by atoms with Gasteiger partial charge in [-0.25, -0.2) is 8.42 Å². The van der Waals surface area contributed by atoms with Crippen LogP contribution >= 0.6 is 22.6 Å². The number of sulfonamides is 1. The van der Waals surface area contributed by atoms with Gasteiger partial charge in [-0.1, -0.05) is 40.8 Å². The van der Waals surface area contributed by atoms with Crippen LogP contribution < -0.4 is 4.90 Å². The molecule has 2 aliphatic rings. The van der Waals surface area contributed by atoms with Crippen molar-refractivity contribution >= 4 is 49.2 Å². The summed E-state index contributed by atoms with van der Waals surface area (Å²) < 4.78 is 28.1. The normalized spacial score (nSPS) is 20.6. The Bertz CT molecular complexity index is 1100. The van der Waals surface area contributed by atoms with Crippen LogP contribution in [0.3, 0.4) is 0 Å². The average Bonchev–Trinajstić information content (AvgIpc) is 3.25. The van der Waals surface area contributed by atoms with Gasteiger partial charge in [-0.3, -0.25) is 0 Å². The Balaban J connectivity index is 1.65. The number of aromatic amines is 1. The molecule has 2 aliphatic heterocycles. The van der Waals surface area contributed by atoms with Gasteiger partial charge in [-0.2, -0.15) is 4.31 Å². The molecule has 3 aromatic rings. The Kier molecular flexibility index (Phi) is 4.64. The summed E-state index contributed by atoms with van der Waals surface area (Å²) in [5.41, 5.74) is 4.10. The minimum absolute atomic E-state index is 0.384. The molecule has 3 heterocycles. The zero-order valence-corrected chi connectivity index (χ0v) is 18.4. The number of nitrogens with zero attached hydrogens (tertiary/aromatic N) is 2. The van der Waals surface area contributed by atoms with Crippen molar-refractivity contribution in [3.05, 3.63) is 48.5 Å². The zero-order valence-electron chi connectivity index (χ0n) is 15.4. The molecule has 5 nitrogen and oxygen atoms in total. The fourth-order valence-electron chi connectivity index (χ4n) is 4.00. The molecule has 7 heteroatoms. The van der Waals surface area contributed by atoms with E-state index in [1.54, 1.807) is 10.4 Å². The number of alkyl halides is 1. The topological polar surface area (TPSA) is 56.4 Å². The van der Waals surface area contributed by atoms with E-state index in [1.165, 1.54) is 0 Å². The van der Waals surface area contributed by atoms with E-state index in [1.807, 2.05) is 24.3 Å². The van der Waals surface area contributed by atoms with Crippen LogP contribution in [0.25, 0.3) is 22.2 Å². The molecule has 0 aliphatic carbocycles. The zero-order chi connectivity index (χ0) is 19.3. The smallest absolute Gasteiger partial charge is 0.243 e. The van der Waals surface area contributed by atoms with Crippen molar-refractivity contribution in [1.29, 1.82) is 0 Å². The number of anilines is 1. The molecular weight excluding hydrogens is 485 g/mol. The third-order valence-corrected chi connectivity index (χ3v) is 8.62. The number of rotatable bonds is 4. The molecule has 1 N–H and O–H groups in total. The largest absolute Gasteiger partial charge is 0.370 e. The Morgan fingerprint density at radius 1 is 1.04 bits per heavy atom. The number of aromatic nitrogens is 1. The van der Waals surface area contributed by atoms with Crippen LogP contribution in [0.5, 0.6) is 0 Å². The minimum Gasteiger partial charge on any atom is -0.370 e. The van der Waals surface area contributed by atoms with E-state index in [0.717, 1.165) is 53.8 Å². The van der Waals surface area contributed by atoms with Crippen LogP contribution in [0.4, 0.5) is 5.69 Å².